The predicted octanol–water partition coefficient (Wildman–Crippen LogP) is 0.0671. The van der Waals surface area contributed by atoms with Crippen molar-refractivity contribution in [3.05, 3.63) is 23.8 Å². The number of fused-ring (bicyclic) bond motifs is 1. The van der Waals surface area contributed by atoms with Crippen molar-refractivity contribution < 1.29 is 13.2 Å². The average molecular weight is 325 g/mol. The van der Waals surface area contributed by atoms with E-state index in [1.807, 2.05) is 7.05 Å². The molecular formula is C13H19N5O3S. The zero-order chi connectivity index (χ0) is 15.7. The lowest BCUT2D eigenvalue weighted by Crippen LogP contribution is -2.48. The summed E-state index contributed by atoms with van der Waals surface area (Å²) in [4.78, 5) is 6.16. The summed E-state index contributed by atoms with van der Waals surface area (Å²) >= 11 is 0. The number of likely N-dealkylation sites (N-methyl/N-ethyl adjacent to an activating group) is 1. The van der Waals surface area contributed by atoms with Gasteiger partial charge in [-0.2, -0.15) is 17.7 Å². The van der Waals surface area contributed by atoms with Crippen LogP contribution in [0.25, 0.3) is 0 Å². The van der Waals surface area contributed by atoms with E-state index >= 15 is 0 Å². The van der Waals surface area contributed by atoms with Gasteiger partial charge in [0.2, 0.25) is 0 Å². The highest BCUT2D eigenvalue weighted by Gasteiger charge is 2.25. The third-order valence-corrected chi connectivity index (χ3v) is 5.27. The molecule has 0 spiro atoms. The lowest BCUT2D eigenvalue weighted by molar-refractivity contribution is 0.223. The number of nitrogens with one attached hydrogen (secondary N) is 1. The molecule has 3 rings (SSSR count). The van der Waals surface area contributed by atoms with E-state index in [9.17, 15) is 8.42 Å². The molecule has 8 nitrogen and oxygen atoms in total. The molecule has 0 radical (unpaired) electrons. The number of nitrogens with two attached hydrogens (primary N) is 1. The standard InChI is InChI=1S/C13H19N5O3S/c1-17-4-6-18(7-5-17)22(19,20)16-11-2-3-12-10(8-11)9-21-13(14)15-12/h2-3,8,16H,4-7,9H2,1H3,(H2,14,15). The van der Waals surface area contributed by atoms with Gasteiger partial charge in [-0.25, -0.2) is 0 Å². The van der Waals surface area contributed by atoms with Crippen molar-refractivity contribution in [2.75, 3.05) is 37.9 Å². The number of aliphatic imine (C=N–C) groups is 1. The van der Waals surface area contributed by atoms with Crippen molar-refractivity contribution in [2.24, 2.45) is 10.7 Å². The van der Waals surface area contributed by atoms with Crippen LogP contribution < -0.4 is 10.5 Å². The Kier molecular flexibility index (Phi) is 3.94. The summed E-state index contributed by atoms with van der Waals surface area (Å²) in [6.45, 7) is 2.72. The topological polar surface area (TPSA) is 100 Å². The maximum atomic E-state index is 12.4. The number of benzene rings is 1. The van der Waals surface area contributed by atoms with E-state index in [2.05, 4.69) is 14.6 Å². The predicted molar refractivity (Wildman–Crippen MR) is 84.1 cm³/mol. The van der Waals surface area contributed by atoms with Gasteiger partial charge in [0.1, 0.15) is 6.61 Å². The van der Waals surface area contributed by atoms with Gasteiger partial charge in [0, 0.05) is 31.7 Å². The van der Waals surface area contributed by atoms with E-state index in [0.29, 0.717) is 24.5 Å². The molecule has 3 N–H and O–H groups in total. The molecule has 1 saturated heterocycles. The smallest absolute Gasteiger partial charge is 0.301 e. The highest BCUT2D eigenvalue weighted by Crippen LogP contribution is 2.27. The molecule has 2 aliphatic rings. The third-order valence-electron chi connectivity index (χ3n) is 3.73. The van der Waals surface area contributed by atoms with Crippen LogP contribution in [0.4, 0.5) is 11.4 Å². The fourth-order valence-corrected chi connectivity index (χ4v) is 3.62. The van der Waals surface area contributed by atoms with E-state index < -0.39 is 10.2 Å². The van der Waals surface area contributed by atoms with Crippen molar-refractivity contribution >= 4 is 27.6 Å². The molecule has 0 amide bonds. The number of ether oxygens (including phenoxy) is 1. The first kappa shape index (κ1) is 15.1. The monoisotopic (exact) mass is 325 g/mol. The van der Waals surface area contributed by atoms with Gasteiger partial charge in [0.15, 0.2) is 0 Å². The van der Waals surface area contributed by atoms with Crippen molar-refractivity contribution in [1.29, 1.82) is 0 Å². The summed E-state index contributed by atoms with van der Waals surface area (Å²) in [6, 6.07) is 5.25. The van der Waals surface area contributed by atoms with Crippen LogP contribution in [0, 0.1) is 0 Å². The van der Waals surface area contributed by atoms with E-state index in [1.165, 1.54) is 4.31 Å². The van der Waals surface area contributed by atoms with Crippen LogP contribution in [0.5, 0.6) is 0 Å². The Bertz CT molecular complexity index is 696. The number of anilines is 1. The molecule has 0 aliphatic carbocycles. The summed E-state index contributed by atoms with van der Waals surface area (Å²) in [5, 5.41) is 0. The molecular weight excluding hydrogens is 306 g/mol. The Balaban J connectivity index is 1.75. The molecule has 1 fully saturated rings. The van der Waals surface area contributed by atoms with E-state index in [-0.39, 0.29) is 12.6 Å². The van der Waals surface area contributed by atoms with Gasteiger partial charge in [-0.3, -0.25) is 4.72 Å². The van der Waals surface area contributed by atoms with Crippen molar-refractivity contribution in [3.8, 4) is 0 Å². The van der Waals surface area contributed by atoms with Crippen LogP contribution in [0.1, 0.15) is 5.56 Å². The molecule has 0 aromatic heterocycles. The Hall–Kier alpha value is -1.84. The molecule has 0 atom stereocenters. The van der Waals surface area contributed by atoms with Gasteiger partial charge in [0.05, 0.1) is 11.4 Å². The fraction of sp³-hybridized carbons (Fsp3) is 0.462. The van der Waals surface area contributed by atoms with Crippen LogP contribution in [0.15, 0.2) is 23.2 Å². The van der Waals surface area contributed by atoms with Gasteiger partial charge < -0.3 is 15.4 Å². The minimum atomic E-state index is -3.54. The number of amidine groups is 1. The molecule has 1 aromatic rings. The summed E-state index contributed by atoms with van der Waals surface area (Å²) < 4.78 is 34.0. The quantitative estimate of drug-likeness (QED) is 0.819. The normalized spacial score (nSPS) is 20.0. The Morgan fingerprint density at radius 3 is 2.73 bits per heavy atom. The van der Waals surface area contributed by atoms with Crippen molar-refractivity contribution in [1.82, 2.24) is 9.21 Å². The third kappa shape index (κ3) is 3.16. The Morgan fingerprint density at radius 2 is 2.00 bits per heavy atom. The summed E-state index contributed by atoms with van der Waals surface area (Å²) in [5.41, 5.74) is 7.50. The van der Waals surface area contributed by atoms with Gasteiger partial charge in [0.25, 0.3) is 6.02 Å². The second kappa shape index (κ2) is 5.75. The van der Waals surface area contributed by atoms with E-state index in [0.717, 1.165) is 18.7 Å². The van der Waals surface area contributed by atoms with Crippen LogP contribution in [-0.4, -0.2) is 56.9 Å². The number of hydrogen-bond donors (Lipinski definition) is 2. The SMILES string of the molecule is CN1CCN(S(=O)(=O)Nc2ccc3c(c2)COC(N)=N3)CC1. The minimum Gasteiger partial charge on any atom is -0.460 e. The molecule has 120 valence electrons. The molecule has 2 heterocycles. The minimum absolute atomic E-state index is 0.123. The molecule has 1 aromatic carbocycles. The summed E-state index contributed by atoms with van der Waals surface area (Å²) in [5.74, 6) is 0. The van der Waals surface area contributed by atoms with Crippen LogP contribution >= 0.6 is 0 Å². The summed E-state index contributed by atoms with van der Waals surface area (Å²) in [7, 11) is -1.56. The fourth-order valence-electron chi connectivity index (χ4n) is 2.42. The number of rotatable bonds is 3. The van der Waals surface area contributed by atoms with E-state index in [1.54, 1.807) is 18.2 Å². The molecule has 9 heteroatoms. The highest BCUT2D eigenvalue weighted by molar-refractivity contribution is 7.90. The first-order valence-electron chi connectivity index (χ1n) is 7.00. The maximum absolute atomic E-state index is 12.4. The van der Waals surface area contributed by atoms with Crippen molar-refractivity contribution in [3.63, 3.8) is 0 Å². The second-order valence-corrected chi connectivity index (χ2v) is 7.06. The average Bonchev–Trinajstić information content (AvgIpc) is 2.47. The summed E-state index contributed by atoms with van der Waals surface area (Å²) in [6.07, 6.45) is 0. The van der Waals surface area contributed by atoms with E-state index in [4.69, 9.17) is 10.5 Å². The number of piperazine rings is 1. The van der Waals surface area contributed by atoms with Crippen LogP contribution in [0.2, 0.25) is 0 Å². The van der Waals surface area contributed by atoms with Crippen LogP contribution in [-0.2, 0) is 21.6 Å². The maximum Gasteiger partial charge on any atom is 0.301 e. The van der Waals surface area contributed by atoms with Crippen LogP contribution in [0.3, 0.4) is 0 Å². The molecule has 0 bridgehead atoms. The van der Waals surface area contributed by atoms with Crippen molar-refractivity contribution in [2.45, 2.75) is 6.61 Å². The Morgan fingerprint density at radius 1 is 1.27 bits per heavy atom. The van der Waals surface area contributed by atoms with Gasteiger partial charge in [-0.1, -0.05) is 0 Å². The zero-order valence-electron chi connectivity index (χ0n) is 12.3. The molecule has 0 unspecified atom stereocenters. The zero-order valence-corrected chi connectivity index (χ0v) is 13.1. The number of nitrogens with zero attached hydrogens (tertiary/aromatic N) is 3. The first-order chi connectivity index (χ1) is 10.4. The largest absolute Gasteiger partial charge is 0.460 e. The molecule has 0 saturated carbocycles. The highest BCUT2D eigenvalue weighted by atomic mass is 32.2. The number of hydrogen-bond acceptors (Lipinski definition) is 6. The second-order valence-electron chi connectivity index (χ2n) is 5.39. The molecule has 22 heavy (non-hydrogen) atoms. The van der Waals surface area contributed by atoms with Gasteiger partial charge >= 0.3 is 10.2 Å². The molecule has 2 aliphatic heterocycles. The van der Waals surface area contributed by atoms with Gasteiger partial charge in [-0.05, 0) is 25.2 Å². The lowest BCUT2D eigenvalue weighted by atomic mass is 10.1. The lowest BCUT2D eigenvalue weighted by Gasteiger charge is -2.31. The first-order valence-corrected chi connectivity index (χ1v) is 8.44. The van der Waals surface area contributed by atoms with Gasteiger partial charge in [-0.15, -0.1) is 0 Å². The Labute approximate surface area is 129 Å².